The largest absolute Gasteiger partial charge is 0.327 e. The molecule has 3 N–H and O–H groups in total. The molecule has 0 bridgehead atoms. The van der Waals surface area contributed by atoms with Crippen LogP contribution in [-0.2, 0) is 0 Å². The molecule has 4 atom stereocenters. The average molecular weight is 243 g/mol. The zero-order valence-electron chi connectivity index (χ0n) is 8.08. The lowest BCUT2D eigenvalue weighted by Gasteiger charge is -2.16. The summed E-state index contributed by atoms with van der Waals surface area (Å²) in [6, 6.07) is 6.23. The van der Waals surface area contributed by atoms with Crippen molar-refractivity contribution in [1.82, 2.24) is 5.32 Å². The molecular formula is C11H12Cl2N2. The van der Waals surface area contributed by atoms with E-state index < -0.39 is 0 Å². The van der Waals surface area contributed by atoms with E-state index in [-0.39, 0.29) is 6.04 Å². The standard InChI is InChI=1S/C11H12Cl2N2/c12-5-1-2-8(13)6(3-5)11-9-7(4-15-11)10(9)14/h1-3,7,9-11,15H,4,14H2. The summed E-state index contributed by atoms with van der Waals surface area (Å²) in [5.74, 6) is 1.17. The first kappa shape index (κ1) is 9.91. The average Bonchev–Trinajstić information content (AvgIpc) is 2.69. The summed E-state index contributed by atoms with van der Waals surface area (Å²) in [4.78, 5) is 0. The summed E-state index contributed by atoms with van der Waals surface area (Å²) in [5.41, 5.74) is 7.06. The van der Waals surface area contributed by atoms with E-state index in [9.17, 15) is 0 Å². The quantitative estimate of drug-likeness (QED) is 0.793. The molecule has 0 aromatic heterocycles. The summed E-state index contributed by atoms with van der Waals surface area (Å²) in [6.07, 6.45) is 0. The zero-order valence-corrected chi connectivity index (χ0v) is 9.59. The van der Waals surface area contributed by atoms with Gasteiger partial charge in [-0.3, -0.25) is 0 Å². The van der Waals surface area contributed by atoms with Crippen LogP contribution in [0.3, 0.4) is 0 Å². The van der Waals surface area contributed by atoms with Gasteiger partial charge in [-0.15, -0.1) is 0 Å². The minimum Gasteiger partial charge on any atom is -0.327 e. The Bertz CT molecular complexity index is 408. The molecule has 0 amide bonds. The van der Waals surface area contributed by atoms with Gasteiger partial charge in [0.25, 0.3) is 0 Å². The van der Waals surface area contributed by atoms with Gasteiger partial charge in [-0.05, 0) is 35.6 Å². The van der Waals surface area contributed by atoms with Gasteiger partial charge in [0.1, 0.15) is 0 Å². The van der Waals surface area contributed by atoms with E-state index in [4.69, 9.17) is 28.9 Å². The summed E-state index contributed by atoms with van der Waals surface area (Å²) < 4.78 is 0. The smallest absolute Gasteiger partial charge is 0.0454 e. The molecule has 80 valence electrons. The Morgan fingerprint density at radius 2 is 2.13 bits per heavy atom. The van der Waals surface area contributed by atoms with Crippen LogP contribution in [0.5, 0.6) is 0 Å². The van der Waals surface area contributed by atoms with Gasteiger partial charge < -0.3 is 11.1 Å². The number of hydrogen-bond donors (Lipinski definition) is 2. The normalized spacial score (nSPS) is 37.8. The molecule has 15 heavy (non-hydrogen) atoms. The second-order valence-electron chi connectivity index (χ2n) is 4.37. The van der Waals surface area contributed by atoms with Crippen molar-refractivity contribution in [3.05, 3.63) is 33.8 Å². The van der Waals surface area contributed by atoms with Crippen LogP contribution in [0.25, 0.3) is 0 Å². The van der Waals surface area contributed by atoms with Gasteiger partial charge in [-0.1, -0.05) is 23.2 Å². The van der Waals surface area contributed by atoms with Gasteiger partial charge >= 0.3 is 0 Å². The fourth-order valence-corrected chi connectivity index (χ4v) is 3.05. The molecule has 3 rings (SSSR count). The van der Waals surface area contributed by atoms with Crippen molar-refractivity contribution in [2.45, 2.75) is 12.1 Å². The molecule has 1 aromatic rings. The lowest BCUT2D eigenvalue weighted by atomic mass is 10.0. The fourth-order valence-electron chi connectivity index (χ4n) is 2.64. The van der Waals surface area contributed by atoms with E-state index in [2.05, 4.69) is 5.32 Å². The minimum absolute atomic E-state index is 0.288. The van der Waals surface area contributed by atoms with E-state index >= 15 is 0 Å². The van der Waals surface area contributed by atoms with Crippen LogP contribution < -0.4 is 11.1 Å². The van der Waals surface area contributed by atoms with Gasteiger partial charge in [0.2, 0.25) is 0 Å². The number of piperidine rings is 1. The van der Waals surface area contributed by atoms with Crippen molar-refractivity contribution in [3.63, 3.8) is 0 Å². The van der Waals surface area contributed by atoms with E-state index in [1.807, 2.05) is 18.2 Å². The molecule has 4 unspecified atom stereocenters. The highest BCUT2D eigenvalue weighted by Crippen LogP contribution is 2.51. The summed E-state index contributed by atoms with van der Waals surface area (Å²) in [5, 5.41) is 4.95. The molecule has 1 saturated carbocycles. The third kappa shape index (κ3) is 1.48. The SMILES string of the molecule is NC1C2CNC(c3cc(Cl)ccc3Cl)C12. The number of halogens is 2. The van der Waals surface area contributed by atoms with Gasteiger partial charge in [-0.25, -0.2) is 0 Å². The second kappa shape index (κ2) is 3.36. The predicted octanol–water partition coefficient (Wildman–Crippen LogP) is 2.21. The number of benzene rings is 1. The zero-order chi connectivity index (χ0) is 10.6. The van der Waals surface area contributed by atoms with Crippen molar-refractivity contribution in [2.24, 2.45) is 17.6 Å². The van der Waals surface area contributed by atoms with E-state index in [1.54, 1.807) is 0 Å². The maximum atomic E-state index is 6.17. The Hall–Kier alpha value is -0.280. The molecule has 1 aliphatic heterocycles. The first-order chi connectivity index (χ1) is 7.18. The van der Waals surface area contributed by atoms with E-state index in [1.165, 1.54) is 0 Å². The highest BCUT2D eigenvalue weighted by atomic mass is 35.5. The second-order valence-corrected chi connectivity index (χ2v) is 5.21. The van der Waals surface area contributed by atoms with Crippen LogP contribution in [0, 0.1) is 11.8 Å². The number of nitrogens with one attached hydrogen (secondary N) is 1. The van der Waals surface area contributed by atoms with Crippen molar-refractivity contribution < 1.29 is 0 Å². The molecule has 1 aliphatic carbocycles. The van der Waals surface area contributed by atoms with Crippen molar-refractivity contribution in [1.29, 1.82) is 0 Å². The minimum atomic E-state index is 0.288. The Labute approximate surface area is 98.7 Å². The van der Waals surface area contributed by atoms with E-state index in [0.717, 1.165) is 22.2 Å². The molecule has 1 aromatic carbocycles. The van der Waals surface area contributed by atoms with E-state index in [0.29, 0.717) is 17.9 Å². The van der Waals surface area contributed by atoms with Crippen LogP contribution in [0.4, 0.5) is 0 Å². The van der Waals surface area contributed by atoms with Crippen molar-refractivity contribution in [2.75, 3.05) is 6.54 Å². The lowest BCUT2D eigenvalue weighted by molar-refractivity contribution is 0.537. The van der Waals surface area contributed by atoms with Crippen molar-refractivity contribution in [3.8, 4) is 0 Å². The molecule has 2 fully saturated rings. The third-order valence-corrected chi connectivity index (χ3v) is 4.12. The molecule has 0 radical (unpaired) electrons. The summed E-state index contributed by atoms with van der Waals surface area (Å²) >= 11 is 12.1. The number of nitrogens with two attached hydrogens (primary N) is 1. The Kier molecular flexibility index (Phi) is 2.22. The summed E-state index contributed by atoms with van der Waals surface area (Å²) in [7, 11) is 0. The molecule has 1 heterocycles. The number of rotatable bonds is 1. The van der Waals surface area contributed by atoms with Crippen molar-refractivity contribution >= 4 is 23.2 Å². The van der Waals surface area contributed by atoms with Crippen LogP contribution in [0.2, 0.25) is 10.0 Å². The molecule has 4 heteroatoms. The number of hydrogen-bond acceptors (Lipinski definition) is 2. The Morgan fingerprint density at radius 3 is 2.80 bits per heavy atom. The Morgan fingerprint density at radius 1 is 1.33 bits per heavy atom. The monoisotopic (exact) mass is 242 g/mol. The van der Waals surface area contributed by atoms with Crippen LogP contribution >= 0.6 is 23.2 Å². The molecule has 2 nitrogen and oxygen atoms in total. The topological polar surface area (TPSA) is 38.0 Å². The first-order valence-corrected chi connectivity index (χ1v) is 5.88. The van der Waals surface area contributed by atoms with Crippen LogP contribution in [0.1, 0.15) is 11.6 Å². The van der Waals surface area contributed by atoms with Gasteiger partial charge in [0.15, 0.2) is 0 Å². The maximum Gasteiger partial charge on any atom is 0.0454 e. The van der Waals surface area contributed by atoms with Crippen LogP contribution in [-0.4, -0.2) is 12.6 Å². The predicted molar refractivity (Wildman–Crippen MR) is 62.2 cm³/mol. The number of fused-ring (bicyclic) bond motifs is 1. The Balaban J connectivity index is 1.95. The maximum absolute atomic E-state index is 6.17. The molecular weight excluding hydrogens is 231 g/mol. The van der Waals surface area contributed by atoms with Crippen LogP contribution in [0.15, 0.2) is 18.2 Å². The molecule has 2 aliphatic rings. The van der Waals surface area contributed by atoms with Gasteiger partial charge in [0.05, 0.1) is 0 Å². The molecule has 0 spiro atoms. The lowest BCUT2D eigenvalue weighted by Crippen LogP contribution is -2.25. The van der Waals surface area contributed by atoms with Gasteiger partial charge in [0, 0.05) is 28.7 Å². The highest BCUT2D eigenvalue weighted by Gasteiger charge is 2.56. The molecule has 1 saturated heterocycles. The van der Waals surface area contributed by atoms with Gasteiger partial charge in [-0.2, -0.15) is 0 Å². The third-order valence-electron chi connectivity index (χ3n) is 3.54. The first-order valence-electron chi connectivity index (χ1n) is 5.12. The highest BCUT2D eigenvalue weighted by molar-refractivity contribution is 6.33. The summed E-state index contributed by atoms with van der Waals surface area (Å²) in [6.45, 7) is 0.999. The fraction of sp³-hybridized carbons (Fsp3) is 0.455.